The molecule has 0 amide bonds. The SMILES string of the molecule is C[n+]1ccccc1C1=C([Si](C)(C)C)[C@@H](c2cccc[n+]2C)[C@@H]1[Si](C)(C)C. The lowest BCUT2D eigenvalue weighted by molar-refractivity contribution is -0.680. The molecule has 0 spiro atoms. The monoisotopic (exact) mass is 382 g/mol. The molecule has 2 heterocycles. The first-order valence-electron chi connectivity index (χ1n) is 9.67. The minimum Gasteiger partial charge on any atom is -0.205 e. The number of pyridine rings is 2. The molecule has 2 atom stereocenters. The van der Waals surface area contributed by atoms with Crippen molar-refractivity contribution in [1.82, 2.24) is 0 Å². The van der Waals surface area contributed by atoms with E-state index in [-0.39, 0.29) is 0 Å². The van der Waals surface area contributed by atoms with E-state index in [0.717, 1.165) is 0 Å². The van der Waals surface area contributed by atoms with E-state index in [0.29, 0.717) is 11.5 Å². The fourth-order valence-electron chi connectivity index (χ4n) is 4.65. The Morgan fingerprint density at radius 2 is 1.35 bits per heavy atom. The van der Waals surface area contributed by atoms with Gasteiger partial charge >= 0.3 is 0 Å². The Morgan fingerprint density at radius 3 is 1.85 bits per heavy atom. The zero-order chi connectivity index (χ0) is 19.3. The van der Waals surface area contributed by atoms with E-state index in [1.54, 1.807) is 10.8 Å². The van der Waals surface area contributed by atoms with Gasteiger partial charge in [0.15, 0.2) is 18.1 Å². The fourth-order valence-corrected chi connectivity index (χ4v) is 9.81. The van der Waals surface area contributed by atoms with Crippen LogP contribution in [-0.4, -0.2) is 16.1 Å². The molecular formula is C22H34N2Si2+2. The van der Waals surface area contributed by atoms with Crippen LogP contribution in [0.1, 0.15) is 17.3 Å². The molecule has 0 aromatic carbocycles. The highest BCUT2D eigenvalue weighted by atomic mass is 28.3. The highest BCUT2D eigenvalue weighted by Gasteiger charge is 2.56. The van der Waals surface area contributed by atoms with Gasteiger partial charge in [0.1, 0.15) is 14.1 Å². The highest BCUT2D eigenvalue weighted by molar-refractivity contribution is 6.87. The lowest BCUT2D eigenvalue weighted by Gasteiger charge is -2.49. The molecule has 2 nitrogen and oxygen atoms in total. The van der Waals surface area contributed by atoms with Gasteiger partial charge in [-0.25, -0.2) is 9.13 Å². The molecule has 4 heteroatoms. The van der Waals surface area contributed by atoms with Gasteiger partial charge in [0, 0.05) is 35.4 Å². The Labute approximate surface area is 161 Å². The van der Waals surface area contributed by atoms with Crippen molar-refractivity contribution in [3.05, 3.63) is 65.4 Å². The summed E-state index contributed by atoms with van der Waals surface area (Å²) in [6.07, 6.45) is 4.40. The molecule has 0 fully saturated rings. The second-order valence-corrected chi connectivity index (χ2v) is 20.2. The van der Waals surface area contributed by atoms with Crippen molar-refractivity contribution >= 4 is 21.7 Å². The Bertz CT molecular complexity index is 857. The highest BCUT2D eigenvalue weighted by Crippen LogP contribution is 2.61. The molecule has 0 aliphatic heterocycles. The minimum atomic E-state index is -1.46. The molecule has 0 saturated carbocycles. The predicted molar refractivity (Wildman–Crippen MR) is 115 cm³/mol. The third-order valence-corrected chi connectivity index (χ3v) is 10.4. The molecule has 0 radical (unpaired) electrons. The molecule has 138 valence electrons. The van der Waals surface area contributed by atoms with Gasteiger partial charge in [-0.3, -0.25) is 0 Å². The predicted octanol–water partition coefficient (Wildman–Crippen LogP) is 4.47. The van der Waals surface area contributed by atoms with Crippen LogP contribution in [-0.2, 0) is 14.1 Å². The third kappa shape index (κ3) is 3.25. The van der Waals surface area contributed by atoms with Crippen molar-refractivity contribution in [1.29, 1.82) is 0 Å². The zero-order valence-electron chi connectivity index (χ0n) is 17.7. The van der Waals surface area contributed by atoms with Gasteiger partial charge in [-0.15, -0.1) is 0 Å². The molecule has 2 aromatic rings. The van der Waals surface area contributed by atoms with Gasteiger partial charge in [-0.2, -0.15) is 0 Å². The zero-order valence-corrected chi connectivity index (χ0v) is 19.7. The summed E-state index contributed by atoms with van der Waals surface area (Å²) < 4.78 is 4.67. The first kappa shape index (κ1) is 19.2. The Morgan fingerprint density at radius 1 is 0.769 bits per heavy atom. The van der Waals surface area contributed by atoms with Gasteiger partial charge in [0.2, 0.25) is 5.69 Å². The van der Waals surface area contributed by atoms with E-state index in [1.165, 1.54) is 11.4 Å². The van der Waals surface area contributed by atoms with Gasteiger partial charge in [0.25, 0.3) is 0 Å². The molecule has 1 aliphatic rings. The van der Waals surface area contributed by atoms with Crippen molar-refractivity contribution < 1.29 is 9.13 Å². The van der Waals surface area contributed by atoms with Gasteiger partial charge < -0.3 is 0 Å². The summed E-state index contributed by atoms with van der Waals surface area (Å²) in [5, 5.41) is 1.76. The summed E-state index contributed by atoms with van der Waals surface area (Å²) in [4.78, 5) is 0. The number of aryl methyl sites for hydroxylation is 2. The lowest BCUT2D eigenvalue weighted by atomic mass is 9.80. The first-order chi connectivity index (χ1) is 12.0. The van der Waals surface area contributed by atoms with E-state index in [2.05, 4.69) is 111 Å². The molecular weight excluding hydrogens is 348 g/mol. The smallest absolute Gasteiger partial charge is 0.205 e. The molecule has 0 N–H and O–H groups in total. The molecule has 0 saturated heterocycles. The van der Waals surface area contributed by atoms with Crippen molar-refractivity contribution in [2.45, 2.75) is 50.7 Å². The molecule has 26 heavy (non-hydrogen) atoms. The van der Waals surface area contributed by atoms with Gasteiger partial charge in [0.05, 0.1) is 22.1 Å². The van der Waals surface area contributed by atoms with E-state index >= 15 is 0 Å². The van der Waals surface area contributed by atoms with E-state index in [4.69, 9.17) is 0 Å². The number of hydrogen-bond donors (Lipinski definition) is 0. The molecule has 1 aliphatic carbocycles. The number of hydrogen-bond acceptors (Lipinski definition) is 0. The Balaban J connectivity index is 2.31. The number of rotatable bonds is 4. The van der Waals surface area contributed by atoms with Crippen LogP contribution < -0.4 is 9.13 Å². The second-order valence-electron chi connectivity index (χ2n) is 9.83. The largest absolute Gasteiger partial charge is 0.207 e. The maximum atomic E-state index is 2.54. The summed E-state index contributed by atoms with van der Waals surface area (Å²) in [6.45, 7) is 15.2. The molecule has 3 rings (SSSR count). The van der Waals surface area contributed by atoms with Crippen molar-refractivity contribution in [3.8, 4) is 0 Å². The maximum Gasteiger partial charge on any atom is 0.207 e. The quantitative estimate of drug-likeness (QED) is 0.544. The van der Waals surface area contributed by atoms with Crippen LogP contribution in [0.3, 0.4) is 0 Å². The summed E-state index contributed by atoms with van der Waals surface area (Å²) in [6, 6.07) is 13.3. The molecule has 0 bridgehead atoms. The van der Waals surface area contributed by atoms with Crippen molar-refractivity contribution in [3.63, 3.8) is 0 Å². The second kappa shape index (κ2) is 6.57. The summed E-state index contributed by atoms with van der Waals surface area (Å²) in [5.41, 5.74) is 5.25. The van der Waals surface area contributed by atoms with E-state index in [9.17, 15) is 0 Å². The van der Waals surface area contributed by atoms with E-state index in [1.807, 2.05) is 0 Å². The van der Waals surface area contributed by atoms with E-state index < -0.39 is 16.1 Å². The van der Waals surface area contributed by atoms with Gasteiger partial charge in [-0.05, 0) is 6.07 Å². The summed E-state index contributed by atoms with van der Waals surface area (Å²) >= 11 is 0. The van der Waals surface area contributed by atoms with Crippen LogP contribution in [0.4, 0.5) is 0 Å². The first-order valence-corrected chi connectivity index (χ1v) is 16.8. The van der Waals surface area contributed by atoms with Crippen LogP contribution in [0, 0.1) is 0 Å². The van der Waals surface area contributed by atoms with Crippen LogP contribution >= 0.6 is 0 Å². The summed E-state index contributed by atoms with van der Waals surface area (Å²) in [5.74, 6) is 0.578. The van der Waals surface area contributed by atoms with Gasteiger partial charge in [-0.1, -0.05) is 50.5 Å². The Kier molecular flexibility index (Phi) is 4.86. The number of nitrogens with zero attached hydrogens (tertiary/aromatic N) is 2. The normalized spacial score (nSPS) is 20.9. The standard InChI is InChI=1S/C22H34N2Si2/c1-23-15-11-9-13-17(23)19-21(25(3,4)5)20(22(19)26(6,7)8)18-14-10-12-16-24(18)2/h9-16,19,21H,1-8H3/q+2/t19-,21-/m0/s1. The molecule has 2 aromatic heterocycles. The van der Waals surface area contributed by atoms with Crippen LogP contribution in [0.2, 0.25) is 44.8 Å². The maximum absolute atomic E-state index is 2.54. The van der Waals surface area contributed by atoms with Crippen LogP contribution in [0.25, 0.3) is 5.57 Å². The van der Waals surface area contributed by atoms with Crippen molar-refractivity contribution in [2.24, 2.45) is 14.1 Å². The topological polar surface area (TPSA) is 7.76 Å². The average molecular weight is 383 g/mol. The lowest BCUT2D eigenvalue weighted by Crippen LogP contribution is -2.52. The number of allylic oxidation sites excluding steroid dienone is 2. The average Bonchev–Trinajstić information content (AvgIpc) is 2.47. The summed E-state index contributed by atoms with van der Waals surface area (Å²) in [7, 11) is 1.55. The molecule has 0 unspecified atom stereocenters. The van der Waals surface area contributed by atoms with Crippen LogP contribution in [0.5, 0.6) is 0 Å². The van der Waals surface area contributed by atoms with Crippen molar-refractivity contribution in [2.75, 3.05) is 0 Å². The van der Waals surface area contributed by atoms with Crippen LogP contribution in [0.15, 0.2) is 54.0 Å². The minimum absolute atomic E-state index is 0.578. The fraction of sp³-hybridized carbons (Fsp3) is 0.455. The Hall–Kier alpha value is -1.53. The third-order valence-electron chi connectivity index (χ3n) is 5.73. The number of aromatic nitrogens is 2.